The lowest BCUT2D eigenvalue weighted by molar-refractivity contribution is 0.530. The van der Waals surface area contributed by atoms with E-state index in [-0.39, 0.29) is 5.54 Å². The first-order valence-electron chi connectivity index (χ1n) is 7.01. The van der Waals surface area contributed by atoms with Crippen LogP contribution in [0.5, 0.6) is 0 Å². The molecule has 4 heteroatoms. The number of rotatable bonds is 2. The summed E-state index contributed by atoms with van der Waals surface area (Å²) in [6, 6.07) is 14.2. The Kier molecular flexibility index (Phi) is 3.76. The summed E-state index contributed by atoms with van der Waals surface area (Å²) >= 11 is 12.1. The lowest BCUT2D eigenvalue weighted by Gasteiger charge is -2.42. The third-order valence-electron chi connectivity index (χ3n) is 3.66. The van der Waals surface area contributed by atoms with Crippen molar-refractivity contribution in [2.24, 2.45) is 0 Å². The zero-order valence-corrected chi connectivity index (χ0v) is 13.7. The summed E-state index contributed by atoms with van der Waals surface area (Å²) in [7, 11) is 0. The highest BCUT2D eigenvalue weighted by molar-refractivity contribution is 6.42. The SMILES string of the molecule is CC1(C)CN(Cc2ccc(Cl)c(Cl)c2)c2ccccc2N1. The van der Waals surface area contributed by atoms with Crippen LogP contribution in [-0.2, 0) is 6.54 Å². The predicted octanol–water partition coefficient (Wildman–Crippen LogP) is 5.20. The monoisotopic (exact) mass is 320 g/mol. The molecule has 0 aromatic heterocycles. The summed E-state index contributed by atoms with van der Waals surface area (Å²) in [6.45, 7) is 6.18. The molecular formula is C17H18Cl2N2. The van der Waals surface area contributed by atoms with Gasteiger partial charge in [-0.15, -0.1) is 0 Å². The predicted molar refractivity (Wildman–Crippen MR) is 91.7 cm³/mol. The van der Waals surface area contributed by atoms with Crippen LogP contribution in [0.2, 0.25) is 10.0 Å². The van der Waals surface area contributed by atoms with Gasteiger partial charge in [-0.05, 0) is 43.7 Å². The molecule has 2 aromatic carbocycles. The van der Waals surface area contributed by atoms with E-state index in [1.165, 1.54) is 11.4 Å². The van der Waals surface area contributed by atoms with Crippen LogP contribution in [0.15, 0.2) is 42.5 Å². The van der Waals surface area contributed by atoms with Crippen molar-refractivity contribution >= 4 is 34.6 Å². The van der Waals surface area contributed by atoms with E-state index >= 15 is 0 Å². The lowest BCUT2D eigenvalue weighted by Crippen LogP contribution is -2.48. The fraction of sp³-hybridized carbons (Fsp3) is 0.294. The molecule has 0 radical (unpaired) electrons. The van der Waals surface area contributed by atoms with Gasteiger partial charge < -0.3 is 10.2 Å². The van der Waals surface area contributed by atoms with Crippen molar-refractivity contribution in [3.63, 3.8) is 0 Å². The van der Waals surface area contributed by atoms with Crippen LogP contribution in [-0.4, -0.2) is 12.1 Å². The van der Waals surface area contributed by atoms with E-state index in [0.717, 1.165) is 18.7 Å². The summed E-state index contributed by atoms with van der Waals surface area (Å²) in [4.78, 5) is 2.38. The van der Waals surface area contributed by atoms with Gasteiger partial charge in [0.15, 0.2) is 0 Å². The molecule has 0 saturated carbocycles. The molecule has 2 nitrogen and oxygen atoms in total. The summed E-state index contributed by atoms with van der Waals surface area (Å²) in [5.41, 5.74) is 3.60. The molecule has 110 valence electrons. The molecule has 0 unspecified atom stereocenters. The van der Waals surface area contributed by atoms with Crippen LogP contribution in [0.25, 0.3) is 0 Å². The summed E-state index contributed by atoms with van der Waals surface area (Å²) in [6.07, 6.45) is 0. The molecule has 1 aliphatic rings. The zero-order valence-electron chi connectivity index (χ0n) is 12.2. The van der Waals surface area contributed by atoms with Gasteiger partial charge >= 0.3 is 0 Å². The molecule has 0 aliphatic carbocycles. The van der Waals surface area contributed by atoms with E-state index in [2.05, 4.69) is 48.3 Å². The number of nitrogens with one attached hydrogen (secondary N) is 1. The highest BCUT2D eigenvalue weighted by Crippen LogP contribution is 2.35. The van der Waals surface area contributed by atoms with E-state index in [4.69, 9.17) is 23.2 Å². The normalized spacial score (nSPS) is 16.3. The smallest absolute Gasteiger partial charge is 0.0606 e. The first-order valence-corrected chi connectivity index (χ1v) is 7.76. The minimum absolute atomic E-state index is 0.0323. The second kappa shape index (κ2) is 5.43. The van der Waals surface area contributed by atoms with Crippen LogP contribution in [0.4, 0.5) is 11.4 Å². The standard InChI is InChI=1S/C17H18Cl2N2/c1-17(2)11-21(16-6-4-3-5-15(16)20-17)10-12-7-8-13(18)14(19)9-12/h3-9,20H,10-11H2,1-2H3. The lowest BCUT2D eigenvalue weighted by atomic mass is 9.98. The van der Waals surface area contributed by atoms with Gasteiger partial charge in [0, 0.05) is 18.6 Å². The molecule has 21 heavy (non-hydrogen) atoms. The minimum atomic E-state index is 0.0323. The van der Waals surface area contributed by atoms with Crippen molar-refractivity contribution in [2.75, 3.05) is 16.8 Å². The molecule has 2 aromatic rings. The number of benzene rings is 2. The van der Waals surface area contributed by atoms with E-state index in [1.54, 1.807) is 0 Å². The van der Waals surface area contributed by atoms with E-state index in [9.17, 15) is 0 Å². The van der Waals surface area contributed by atoms with Crippen molar-refractivity contribution in [3.8, 4) is 0 Å². The van der Waals surface area contributed by atoms with Gasteiger partial charge in [-0.25, -0.2) is 0 Å². The summed E-state index contributed by atoms with van der Waals surface area (Å²) in [5.74, 6) is 0. The van der Waals surface area contributed by atoms with Crippen molar-refractivity contribution in [1.82, 2.24) is 0 Å². The number of halogens is 2. The first kappa shape index (κ1) is 14.6. The van der Waals surface area contributed by atoms with Gasteiger partial charge in [0.25, 0.3) is 0 Å². The Morgan fingerprint density at radius 2 is 1.86 bits per heavy atom. The third-order valence-corrected chi connectivity index (χ3v) is 4.40. The number of anilines is 2. The van der Waals surface area contributed by atoms with Crippen molar-refractivity contribution in [3.05, 3.63) is 58.1 Å². The van der Waals surface area contributed by atoms with Gasteiger partial charge in [-0.3, -0.25) is 0 Å². The molecular weight excluding hydrogens is 303 g/mol. The molecule has 0 amide bonds. The Labute approximate surface area is 135 Å². The Hall–Kier alpha value is -1.38. The molecule has 3 rings (SSSR count). The Morgan fingerprint density at radius 1 is 1.10 bits per heavy atom. The van der Waals surface area contributed by atoms with Crippen LogP contribution in [0.3, 0.4) is 0 Å². The topological polar surface area (TPSA) is 15.3 Å². The number of fused-ring (bicyclic) bond motifs is 1. The Balaban J connectivity index is 1.92. The largest absolute Gasteiger partial charge is 0.377 e. The highest BCUT2D eigenvalue weighted by atomic mass is 35.5. The second-order valence-electron chi connectivity index (χ2n) is 6.13. The quantitative estimate of drug-likeness (QED) is 0.817. The molecule has 0 fully saturated rings. The van der Waals surface area contributed by atoms with E-state index in [1.807, 2.05) is 18.2 Å². The second-order valence-corrected chi connectivity index (χ2v) is 6.94. The van der Waals surface area contributed by atoms with Gasteiger partial charge in [-0.2, -0.15) is 0 Å². The summed E-state index contributed by atoms with van der Waals surface area (Å²) < 4.78 is 0. The average molecular weight is 321 g/mol. The van der Waals surface area contributed by atoms with Crippen molar-refractivity contribution < 1.29 is 0 Å². The highest BCUT2D eigenvalue weighted by Gasteiger charge is 2.29. The maximum atomic E-state index is 6.12. The number of nitrogens with zero attached hydrogens (tertiary/aromatic N) is 1. The minimum Gasteiger partial charge on any atom is -0.377 e. The molecule has 1 aliphatic heterocycles. The fourth-order valence-electron chi connectivity index (χ4n) is 2.82. The van der Waals surface area contributed by atoms with Gasteiger partial charge in [0.2, 0.25) is 0 Å². The van der Waals surface area contributed by atoms with Gasteiger partial charge in [-0.1, -0.05) is 41.4 Å². The maximum Gasteiger partial charge on any atom is 0.0606 e. The number of para-hydroxylation sites is 2. The van der Waals surface area contributed by atoms with Crippen molar-refractivity contribution in [1.29, 1.82) is 0 Å². The zero-order chi connectivity index (χ0) is 15.0. The van der Waals surface area contributed by atoms with Crippen LogP contribution in [0.1, 0.15) is 19.4 Å². The first-order chi connectivity index (χ1) is 9.94. The molecule has 1 N–H and O–H groups in total. The molecule has 0 saturated heterocycles. The molecule has 1 heterocycles. The molecule has 0 bridgehead atoms. The van der Waals surface area contributed by atoms with Crippen LogP contribution >= 0.6 is 23.2 Å². The molecule has 0 atom stereocenters. The van der Waals surface area contributed by atoms with Crippen LogP contribution < -0.4 is 10.2 Å². The summed E-state index contributed by atoms with van der Waals surface area (Å²) in [5, 5.41) is 4.79. The van der Waals surface area contributed by atoms with Crippen molar-refractivity contribution in [2.45, 2.75) is 25.9 Å². The van der Waals surface area contributed by atoms with E-state index in [0.29, 0.717) is 10.0 Å². The van der Waals surface area contributed by atoms with Gasteiger partial charge in [0.05, 0.1) is 21.4 Å². The molecule has 0 spiro atoms. The number of hydrogen-bond acceptors (Lipinski definition) is 2. The Morgan fingerprint density at radius 3 is 2.62 bits per heavy atom. The Bertz CT molecular complexity index is 668. The van der Waals surface area contributed by atoms with Gasteiger partial charge in [0.1, 0.15) is 0 Å². The number of hydrogen-bond donors (Lipinski definition) is 1. The maximum absolute atomic E-state index is 6.12. The van der Waals surface area contributed by atoms with E-state index < -0.39 is 0 Å². The average Bonchev–Trinajstić information content (AvgIpc) is 2.42. The van der Waals surface area contributed by atoms with Crippen LogP contribution in [0, 0.1) is 0 Å². The fourth-order valence-corrected chi connectivity index (χ4v) is 3.14. The third kappa shape index (κ3) is 3.12.